The first-order valence-corrected chi connectivity index (χ1v) is 36.2. The predicted octanol–water partition coefficient (Wildman–Crippen LogP) is 26.3. The summed E-state index contributed by atoms with van der Waals surface area (Å²) in [5.41, 5.74) is 26.9. The Hall–Kier alpha value is -10.8. The van der Waals surface area contributed by atoms with Crippen LogP contribution in [-0.2, 0) is 10.8 Å². The van der Waals surface area contributed by atoms with Crippen LogP contribution in [0.25, 0.3) is 138 Å². The van der Waals surface area contributed by atoms with E-state index in [9.17, 15) is 0 Å². The molecule has 0 saturated carbocycles. The van der Waals surface area contributed by atoms with Gasteiger partial charge < -0.3 is 0 Å². The van der Waals surface area contributed by atoms with Crippen LogP contribution in [0.3, 0.4) is 0 Å². The zero-order valence-electron chi connectivity index (χ0n) is 52.0. The van der Waals surface area contributed by atoms with Crippen LogP contribution in [-0.4, -0.2) is 0 Å². The Morgan fingerprint density at radius 3 is 0.844 bits per heavy atom. The largest absolute Gasteiger partial charge is 0.134 e. The smallest absolute Gasteiger partial charge is 0.0720 e. The van der Waals surface area contributed by atoms with Crippen molar-refractivity contribution < 1.29 is 0 Å². The zero-order valence-corrected chi connectivity index (χ0v) is 55.2. The van der Waals surface area contributed by atoms with Crippen LogP contribution in [0.4, 0.5) is 0 Å². The minimum absolute atomic E-state index is 0.565. The molecule has 0 N–H and O–H groups in total. The topological polar surface area (TPSA) is 0 Å². The van der Waals surface area contributed by atoms with Gasteiger partial charge in [0.1, 0.15) is 0 Å². The van der Waals surface area contributed by atoms with Crippen molar-refractivity contribution in [3.05, 3.63) is 384 Å². The summed E-state index contributed by atoms with van der Waals surface area (Å²) in [7, 11) is 0. The third-order valence-electron chi connectivity index (χ3n) is 20.8. The number of rotatable bonds is 9. The molecule has 2 spiro atoms. The lowest BCUT2D eigenvalue weighted by Crippen LogP contribution is -2.43. The van der Waals surface area contributed by atoms with Gasteiger partial charge in [0.25, 0.3) is 0 Å². The molecule has 0 unspecified atom stereocenters. The molecule has 20 rings (SSSR count). The molecule has 4 heteroatoms. The van der Waals surface area contributed by atoms with Crippen LogP contribution >= 0.6 is 45.3 Å². The SMILES string of the molecule is c1ccc(-c2ccc(-c3ccc(-c4ccc(-c5c6ccccc6c(-c6ccc(-c7ccc(-c8ccc(-c9ccccc9)s8)s7)cc6)c6cc(-c7ccc8c(c7)C7(c9ccccc9-c9ccccc97)c7ccccc7C87c8ccccc8-c8ccccc87)ccc56)cc4)s3)s2)cc1. The molecule has 0 nitrogen and oxygen atoms in total. The standard InChI is InChI=1S/C92H56S4/c1-3-19-57(20-4-1)81-47-51-85(93-81)87-53-49-83(95-87)59-35-39-61(40-36-59)89-69-27-7-8-28-70(69)90(62-41-37-60(38-42-62)84-50-54-88(96-84)86-52-48-82(94-86)58-21-5-2-6-22-58)72-55-63(43-45-71(72)89)64-44-46-79-80(56-64)92(75-31-15-11-25-67(75)68-26-12-16-32-76(68)92)78-34-18-17-33-77(78)91(79)73-29-13-9-23-65(73)66-24-10-14-30-74(66)91/h1-56H. The summed E-state index contributed by atoms with van der Waals surface area (Å²) in [6.07, 6.45) is 0. The molecule has 0 atom stereocenters. The molecule has 0 fully saturated rings. The van der Waals surface area contributed by atoms with Crippen molar-refractivity contribution >= 4 is 66.9 Å². The van der Waals surface area contributed by atoms with E-state index in [0.29, 0.717) is 0 Å². The molecule has 96 heavy (non-hydrogen) atoms. The van der Waals surface area contributed by atoms with E-state index >= 15 is 0 Å². The molecule has 13 aromatic carbocycles. The van der Waals surface area contributed by atoms with Crippen LogP contribution < -0.4 is 0 Å². The van der Waals surface area contributed by atoms with Gasteiger partial charge in [-0.1, -0.05) is 279 Å². The fraction of sp³-hybridized carbons (Fsp3) is 0.0217. The van der Waals surface area contributed by atoms with E-state index in [4.69, 9.17) is 0 Å². The summed E-state index contributed by atoms with van der Waals surface area (Å²) in [4.78, 5) is 10.3. The lowest BCUT2D eigenvalue weighted by atomic mass is 9.52. The van der Waals surface area contributed by atoms with E-state index < -0.39 is 10.8 Å². The Morgan fingerprint density at radius 2 is 0.427 bits per heavy atom. The number of hydrogen-bond acceptors (Lipinski definition) is 4. The maximum absolute atomic E-state index is 2.61. The van der Waals surface area contributed by atoms with Gasteiger partial charge in [-0.05, 0) is 205 Å². The summed E-state index contributed by atoms with van der Waals surface area (Å²) in [5, 5.41) is 4.91. The predicted molar refractivity (Wildman–Crippen MR) is 410 cm³/mol. The molecule has 448 valence electrons. The van der Waals surface area contributed by atoms with Crippen molar-refractivity contribution in [1.29, 1.82) is 0 Å². The van der Waals surface area contributed by atoms with Crippen molar-refractivity contribution in [2.75, 3.05) is 0 Å². The summed E-state index contributed by atoms with van der Waals surface area (Å²) >= 11 is 7.46. The molecule has 0 amide bonds. The highest BCUT2D eigenvalue weighted by atomic mass is 32.1. The van der Waals surface area contributed by atoms with Crippen molar-refractivity contribution in [3.63, 3.8) is 0 Å². The minimum Gasteiger partial charge on any atom is -0.134 e. The average Bonchev–Trinajstić information content (AvgIpc) is 1.55. The molecular formula is C92H56S4. The Labute approximate surface area is 574 Å². The van der Waals surface area contributed by atoms with E-state index in [2.05, 4.69) is 340 Å². The quantitative estimate of drug-likeness (QED) is 0.126. The molecule has 3 aliphatic rings. The van der Waals surface area contributed by atoms with Gasteiger partial charge in [-0.15, -0.1) is 45.3 Å². The molecule has 0 saturated heterocycles. The highest BCUT2D eigenvalue weighted by Crippen LogP contribution is 2.68. The monoisotopic (exact) mass is 1290 g/mol. The van der Waals surface area contributed by atoms with Crippen molar-refractivity contribution in [2.24, 2.45) is 0 Å². The Kier molecular flexibility index (Phi) is 12.7. The summed E-state index contributed by atoms with van der Waals surface area (Å²) < 4.78 is 0. The normalized spacial score (nSPS) is 13.4. The van der Waals surface area contributed by atoms with E-state index in [-0.39, 0.29) is 0 Å². The third kappa shape index (κ3) is 8.24. The van der Waals surface area contributed by atoms with Crippen LogP contribution in [0, 0.1) is 0 Å². The molecule has 4 heterocycles. The van der Waals surface area contributed by atoms with E-state index in [1.54, 1.807) is 0 Å². The Bertz CT molecular complexity index is 5860. The van der Waals surface area contributed by atoms with Gasteiger partial charge in [0.2, 0.25) is 0 Å². The molecule has 0 radical (unpaired) electrons. The van der Waals surface area contributed by atoms with Crippen LogP contribution in [0.15, 0.2) is 340 Å². The Morgan fingerprint density at radius 1 is 0.156 bits per heavy atom. The number of fused-ring (bicyclic) bond motifs is 18. The summed E-state index contributed by atoms with van der Waals surface area (Å²) in [5.74, 6) is 0. The fourth-order valence-electron chi connectivity index (χ4n) is 16.7. The first-order valence-electron chi connectivity index (χ1n) is 32.9. The lowest BCUT2D eigenvalue weighted by molar-refractivity contribution is 0.633. The molecule has 0 aliphatic heterocycles. The maximum Gasteiger partial charge on any atom is 0.0720 e. The van der Waals surface area contributed by atoms with Gasteiger partial charge >= 0.3 is 0 Å². The van der Waals surface area contributed by atoms with Crippen molar-refractivity contribution in [3.8, 4) is 117 Å². The second-order valence-electron chi connectivity index (χ2n) is 25.6. The zero-order chi connectivity index (χ0) is 63.1. The van der Waals surface area contributed by atoms with Gasteiger partial charge in [-0.2, -0.15) is 0 Å². The van der Waals surface area contributed by atoms with Gasteiger partial charge in [0.15, 0.2) is 0 Å². The van der Waals surface area contributed by atoms with Gasteiger partial charge in [-0.3, -0.25) is 0 Å². The van der Waals surface area contributed by atoms with Crippen molar-refractivity contribution in [2.45, 2.75) is 10.8 Å². The van der Waals surface area contributed by atoms with E-state index in [0.717, 1.165) is 0 Å². The van der Waals surface area contributed by atoms with Crippen molar-refractivity contribution in [1.82, 2.24) is 0 Å². The number of hydrogen-bond donors (Lipinski definition) is 0. The minimum atomic E-state index is -0.606. The first-order chi connectivity index (χ1) is 47.6. The van der Waals surface area contributed by atoms with Crippen LogP contribution in [0.5, 0.6) is 0 Å². The van der Waals surface area contributed by atoms with E-state index in [1.807, 2.05) is 45.3 Å². The highest BCUT2D eigenvalue weighted by molar-refractivity contribution is 7.26. The second-order valence-corrected chi connectivity index (χ2v) is 29.9. The molecule has 4 aromatic heterocycles. The second kappa shape index (κ2) is 21.9. The third-order valence-corrected chi connectivity index (χ3v) is 25.7. The molecule has 0 bridgehead atoms. The van der Waals surface area contributed by atoms with Crippen LogP contribution in [0.2, 0.25) is 0 Å². The fourth-order valence-corrected chi connectivity index (χ4v) is 20.9. The summed E-state index contributed by atoms with van der Waals surface area (Å²) in [6, 6.07) is 129. The number of thiophene rings is 4. The number of benzene rings is 13. The average molecular weight is 1290 g/mol. The van der Waals surface area contributed by atoms with Gasteiger partial charge in [0.05, 0.1) is 10.8 Å². The summed E-state index contributed by atoms with van der Waals surface area (Å²) in [6.45, 7) is 0. The molecule has 17 aromatic rings. The maximum atomic E-state index is 2.61. The van der Waals surface area contributed by atoms with Crippen LogP contribution in [0.1, 0.15) is 44.5 Å². The van der Waals surface area contributed by atoms with Gasteiger partial charge in [-0.25, -0.2) is 0 Å². The van der Waals surface area contributed by atoms with E-state index in [1.165, 1.54) is 183 Å². The first kappa shape index (κ1) is 55.6. The lowest BCUT2D eigenvalue weighted by Gasteiger charge is -2.49. The Balaban J connectivity index is 0.773. The molecular weight excluding hydrogens is 1230 g/mol. The molecule has 3 aliphatic carbocycles. The highest BCUT2D eigenvalue weighted by Gasteiger charge is 2.59. The van der Waals surface area contributed by atoms with Gasteiger partial charge in [0, 0.05) is 39.0 Å².